The van der Waals surface area contributed by atoms with E-state index in [1.165, 1.54) is 7.11 Å². The van der Waals surface area contributed by atoms with E-state index in [9.17, 15) is 9.67 Å². The molecule has 0 spiro atoms. The minimum absolute atomic E-state index is 0.329. The van der Waals surface area contributed by atoms with Crippen LogP contribution >= 0.6 is 7.37 Å². The van der Waals surface area contributed by atoms with Crippen LogP contribution in [0.15, 0.2) is 48.5 Å². The average molecular weight is 377 g/mol. The van der Waals surface area contributed by atoms with Crippen LogP contribution < -0.4 is 14.9 Å². The Morgan fingerprint density at radius 1 is 1.12 bits per heavy atom. The van der Waals surface area contributed by atoms with Crippen molar-refractivity contribution >= 4 is 18.4 Å². The van der Waals surface area contributed by atoms with Crippen LogP contribution in [0.25, 0.3) is 0 Å². The highest BCUT2D eigenvalue weighted by Gasteiger charge is 2.37. The van der Waals surface area contributed by atoms with E-state index in [1.54, 1.807) is 30.3 Å². The number of nitrogens with zero attached hydrogens (tertiary/aromatic N) is 1. The van der Waals surface area contributed by atoms with Crippen molar-refractivity contribution in [2.45, 2.75) is 25.6 Å². The molecule has 0 aliphatic heterocycles. The van der Waals surface area contributed by atoms with E-state index < -0.39 is 13.2 Å². The van der Waals surface area contributed by atoms with E-state index in [0.717, 1.165) is 18.5 Å². The van der Waals surface area contributed by atoms with Gasteiger partial charge in [-0.15, -0.1) is 0 Å². The Morgan fingerprint density at radius 2 is 1.77 bits per heavy atom. The highest BCUT2D eigenvalue weighted by molar-refractivity contribution is 7.67. The normalized spacial score (nSPS) is 14.5. The van der Waals surface area contributed by atoms with Crippen LogP contribution in [0.3, 0.4) is 0 Å². The number of anilines is 1. The van der Waals surface area contributed by atoms with Crippen molar-refractivity contribution in [1.82, 2.24) is 0 Å². The lowest BCUT2D eigenvalue weighted by Gasteiger charge is -2.26. The van der Waals surface area contributed by atoms with Crippen molar-refractivity contribution in [2.75, 3.05) is 32.7 Å². The molecule has 0 aliphatic rings. The van der Waals surface area contributed by atoms with Crippen molar-refractivity contribution in [3.05, 3.63) is 54.1 Å². The van der Waals surface area contributed by atoms with Crippen LogP contribution in [0.2, 0.25) is 0 Å². The zero-order chi connectivity index (χ0) is 19.2. The van der Waals surface area contributed by atoms with Crippen LogP contribution in [-0.2, 0) is 9.09 Å². The summed E-state index contributed by atoms with van der Waals surface area (Å²) in [6, 6.07) is 14.3. The first-order valence-corrected chi connectivity index (χ1v) is 10.5. The van der Waals surface area contributed by atoms with Gasteiger partial charge >= 0.3 is 0 Å². The Bertz CT molecular complexity index is 746. The van der Waals surface area contributed by atoms with Gasteiger partial charge in [0.2, 0.25) is 0 Å². The number of ether oxygens (including phenoxy) is 1. The number of unbranched alkanes of at least 4 members (excludes halogenated alkanes) is 1. The van der Waals surface area contributed by atoms with Gasteiger partial charge in [-0.05, 0) is 36.8 Å². The lowest BCUT2D eigenvalue weighted by molar-refractivity contribution is 0.209. The first-order chi connectivity index (χ1) is 12.4. The molecular weight excluding hydrogens is 349 g/mol. The summed E-state index contributed by atoms with van der Waals surface area (Å²) in [6.07, 6.45) is 1.70. The quantitative estimate of drug-likeness (QED) is 0.525. The van der Waals surface area contributed by atoms with Crippen LogP contribution in [0.4, 0.5) is 5.69 Å². The summed E-state index contributed by atoms with van der Waals surface area (Å²) in [5.41, 5.74) is 1.45. The lowest BCUT2D eigenvalue weighted by atomic mass is 10.2. The van der Waals surface area contributed by atoms with E-state index >= 15 is 0 Å². The highest BCUT2D eigenvalue weighted by atomic mass is 31.2. The molecular formula is C20H28NO4P. The Morgan fingerprint density at radius 3 is 2.35 bits per heavy atom. The smallest absolute Gasteiger partial charge is 0.264 e. The number of hydrogen-bond acceptors (Lipinski definition) is 5. The fourth-order valence-electron chi connectivity index (χ4n) is 2.65. The van der Waals surface area contributed by atoms with Gasteiger partial charge in [0.25, 0.3) is 7.37 Å². The second-order valence-corrected chi connectivity index (χ2v) is 8.77. The second kappa shape index (κ2) is 9.22. The minimum atomic E-state index is -3.55. The maximum Gasteiger partial charge on any atom is 0.264 e. The molecule has 142 valence electrons. The third kappa shape index (κ3) is 4.47. The van der Waals surface area contributed by atoms with E-state index in [4.69, 9.17) is 9.26 Å². The summed E-state index contributed by atoms with van der Waals surface area (Å²) in [4.78, 5) is 1.96. The molecule has 1 N–H and O–H groups in total. The third-order valence-corrected chi connectivity index (χ3v) is 6.75. The number of hydrogen-bond donors (Lipinski definition) is 1. The number of rotatable bonds is 9. The monoisotopic (exact) mass is 377 g/mol. The fraction of sp³-hybridized carbons (Fsp3) is 0.400. The Balaban J connectivity index is 2.45. The minimum Gasteiger partial charge on any atom is -0.496 e. The molecule has 0 heterocycles. The summed E-state index contributed by atoms with van der Waals surface area (Å²) in [5.74, 6) is -0.801. The fourth-order valence-corrected chi connectivity index (χ4v) is 4.77. The molecule has 2 aromatic rings. The summed E-state index contributed by atoms with van der Waals surface area (Å²) in [6.45, 7) is 2.37. The molecule has 6 heteroatoms. The van der Waals surface area contributed by atoms with Gasteiger partial charge in [0.15, 0.2) is 5.85 Å². The number of aliphatic hydroxyl groups is 1. The summed E-state index contributed by atoms with van der Waals surface area (Å²) in [5, 5.41) is 11.5. The van der Waals surface area contributed by atoms with Crippen molar-refractivity contribution in [2.24, 2.45) is 0 Å². The highest BCUT2D eigenvalue weighted by Crippen LogP contribution is 2.59. The average Bonchev–Trinajstić information content (AvgIpc) is 2.67. The van der Waals surface area contributed by atoms with Crippen LogP contribution in [-0.4, -0.2) is 32.9 Å². The van der Waals surface area contributed by atoms with Gasteiger partial charge in [-0.25, -0.2) is 0 Å². The number of benzene rings is 2. The molecule has 5 nitrogen and oxygen atoms in total. The topological polar surface area (TPSA) is 59.0 Å². The molecule has 0 saturated heterocycles. The molecule has 0 radical (unpaired) electrons. The molecule has 0 unspecified atom stereocenters. The van der Waals surface area contributed by atoms with E-state index in [-0.39, 0.29) is 0 Å². The standard InChI is InChI=1S/C20H28NO4P/c1-5-6-15-25-26(23,17-13-11-16(12-14-17)21(2)3)20(22)18-9-7-8-10-19(18)24-4/h7-14,20,22H,5-6,15H2,1-4H3/t20-,26+/m1/s1. The molecule has 0 amide bonds. The molecule has 0 fully saturated rings. The summed E-state index contributed by atoms with van der Waals surface area (Å²) < 4.78 is 24.9. The van der Waals surface area contributed by atoms with E-state index in [0.29, 0.717) is 23.2 Å². The maximum atomic E-state index is 13.8. The Kier molecular flexibility index (Phi) is 7.27. The van der Waals surface area contributed by atoms with Crippen LogP contribution in [0.1, 0.15) is 31.2 Å². The Hall–Kier alpha value is -1.81. The van der Waals surface area contributed by atoms with Gasteiger partial charge in [0.1, 0.15) is 5.75 Å². The SMILES string of the molecule is CCCCO[P@@](=O)(c1ccc(N(C)C)cc1)[C@@H](O)c1ccccc1OC. The Labute approximate surface area is 156 Å². The van der Waals surface area contributed by atoms with E-state index in [2.05, 4.69) is 0 Å². The molecule has 0 aliphatic carbocycles. The van der Waals surface area contributed by atoms with Crippen LogP contribution in [0, 0.1) is 0 Å². The van der Waals surface area contributed by atoms with Crippen molar-refractivity contribution in [3.8, 4) is 5.75 Å². The zero-order valence-electron chi connectivity index (χ0n) is 15.9. The molecule has 0 aromatic heterocycles. The van der Waals surface area contributed by atoms with Gasteiger partial charge in [0, 0.05) is 30.7 Å². The molecule has 26 heavy (non-hydrogen) atoms. The van der Waals surface area contributed by atoms with Gasteiger partial charge in [-0.1, -0.05) is 31.5 Å². The first-order valence-electron chi connectivity index (χ1n) is 8.77. The van der Waals surface area contributed by atoms with Crippen molar-refractivity contribution < 1.29 is 18.9 Å². The number of methoxy groups -OCH3 is 1. The van der Waals surface area contributed by atoms with E-state index in [1.807, 2.05) is 44.1 Å². The van der Waals surface area contributed by atoms with Gasteiger partial charge in [-0.2, -0.15) is 0 Å². The second-order valence-electron chi connectivity index (χ2n) is 6.31. The van der Waals surface area contributed by atoms with Gasteiger partial charge < -0.3 is 19.3 Å². The lowest BCUT2D eigenvalue weighted by Crippen LogP contribution is -2.16. The predicted octanol–water partition coefficient (Wildman–Crippen LogP) is 4.17. The molecule has 0 bridgehead atoms. The molecule has 2 aromatic carbocycles. The van der Waals surface area contributed by atoms with Crippen molar-refractivity contribution in [1.29, 1.82) is 0 Å². The van der Waals surface area contributed by atoms with Crippen LogP contribution in [0.5, 0.6) is 5.75 Å². The summed E-state index contributed by atoms with van der Waals surface area (Å²) in [7, 11) is 1.86. The van der Waals surface area contributed by atoms with Gasteiger partial charge in [-0.3, -0.25) is 4.57 Å². The largest absolute Gasteiger partial charge is 0.496 e. The predicted molar refractivity (Wildman–Crippen MR) is 107 cm³/mol. The number of para-hydroxylation sites is 1. The summed E-state index contributed by atoms with van der Waals surface area (Å²) >= 11 is 0. The molecule has 0 saturated carbocycles. The zero-order valence-corrected chi connectivity index (χ0v) is 16.8. The van der Waals surface area contributed by atoms with Gasteiger partial charge in [0.05, 0.1) is 13.7 Å². The third-order valence-electron chi connectivity index (χ3n) is 4.25. The molecule has 2 atom stereocenters. The van der Waals surface area contributed by atoms with Crippen molar-refractivity contribution in [3.63, 3.8) is 0 Å². The molecule has 2 rings (SSSR count). The maximum absolute atomic E-state index is 13.8. The number of aliphatic hydroxyl groups excluding tert-OH is 1. The first kappa shape index (κ1) is 20.5.